The van der Waals surface area contributed by atoms with Gasteiger partial charge >= 0.3 is 0 Å². The number of nitrogens with two attached hydrogens (primary N) is 1. The van der Waals surface area contributed by atoms with Gasteiger partial charge < -0.3 is 15.2 Å². The Morgan fingerprint density at radius 2 is 1.09 bits per heavy atom. The van der Waals surface area contributed by atoms with Crippen molar-refractivity contribution in [3.63, 3.8) is 0 Å². The number of aromatic nitrogens is 1. The summed E-state index contributed by atoms with van der Waals surface area (Å²) in [5.74, 6) is 0. The van der Waals surface area contributed by atoms with Crippen LogP contribution in [-0.2, 0) is 0 Å². The number of fused-ring (bicyclic) bond motifs is 5. The van der Waals surface area contributed by atoms with E-state index in [1.54, 1.807) is 0 Å². The first-order valence-electron chi connectivity index (χ1n) is 18.6. The number of nitrogens with zero attached hydrogens (tertiary/aromatic N) is 2. The van der Waals surface area contributed by atoms with Crippen molar-refractivity contribution in [2.45, 2.75) is 0 Å². The Bertz CT molecular complexity index is 2980. The summed E-state index contributed by atoms with van der Waals surface area (Å²) in [5.41, 5.74) is 21.8. The van der Waals surface area contributed by atoms with Gasteiger partial charge in [-0.2, -0.15) is 0 Å². The molecule has 1 aliphatic heterocycles. The maximum atomic E-state index is 6.87. The van der Waals surface area contributed by atoms with E-state index >= 15 is 0 Å². The van der Waals surface area contributed by atoms with Gasteiger partial charge in [-0.05, 0) is 111 Å². The van der Waals surface area contributed by atoms with E-state index in [-0.39, 0.29) is 0 Å². The summed E-state index contributed by atoms with van der Waals surface area (Å²) in [6, 6.07) is 64.6. The summed E-state index contributed by atoms with van der Waals surface area (Å²) >= 11 is 0. The van der Waals surface area contributed by atoms with E-state index in [1.807, 2.05) is 6.07 Å². The number of anilines is 3. The molecule has 0 spiro atoms. The Morgan fingerprint density at radius 3 is 1.89 bits per heavy atom. The fraction of sp³-hybridized carbons (Fsp3) is 0. The Kier molecular flexibility index (Phi) is 7.78. The molecule has 3 nitrogen and oxygen atoms in total. The molecule has 0 bridgehead atoms. The lowest BCUT2D eigenvalue weighted by atomic mass is 9.95. The van der Waals surface area contributed by atoms with Crippen molar-refractivity contribution < 1.29 is 0 Å². The van der Waals surface area contributed by atoms with Gasteiger partial charge in [-0.3, -0.25) is 0 Å². The van der Waals surface area contributed by atoms with Crippen molar-refractivity contribution in [1.82, 2.24) is 4.57 Å². The van der Waals surface area contributed by atoms with E-state index in [0.29, 0.717) is 0 Å². The van der Waals surface area contributed by atoms with Gasteiger partial charge in [-0.25, -0.2) is 0 Å². The molecule has 1 aliphatic rings. The molecule has 0 saturated heterocycles. The maximum absolute atomic E-state index is 6.87. The molecular weight excluding hydrogens is 667 g/mol. The van der Waals surface area contributed by atoms with Crippen molar-refractivity contribution in [3.8, 4) is 27.9 Å². The molecule has 0 radical (unpaired) electrons. The minimum Gasteiger partial charge on any atom is -0.398 e. The van der Waals surface area contributed by atoms with Crippen LogP contribution in [0.4, 0.5) is 17.1 Å². The van der Waals surface area contributed by atoms with Crippen LogP contribution in [0.25, 0.3) is 71.7 Å². The topological polar surface area (TPSA) is 34.2 Å². The Balaban J connectivity index is 1.14. The average Bonchev–Trinajstić information content (AvgIpc) is 3.55. The first kappa shape index (κ1) is 32.3. The van der Waals surface area contributed by atoms with E-state index in [9.17, 15) is 0 Å². The van der Waals surface area contributed by atoms with Crippen LogP contribution in [0.3, 0.4) is 0 Å². The van der Waals surface area contributed by atoms with E-state index in [0.717, 1.165) is 78.0 Å². The van der Waals surface area contributed by atoms with Crippen LogP contribution >= 0.6 is 0 Å². The summed E-state index contributed by atoms with van der Waals surface area (Å²) in [6.45, 7) is 4.60. The second-order valence-electron chi connectivity index (χ2n) is 14.2. The lowest BCUT2D eigenvalue weighted by Crippen LogP contribution is -2.11. The van der Waals surface area contributed by atoms with E-state index in [4.69, 9.17) is 5.73 Å². The minimum atomic E-state index is 0.748. The summed E-state index contributed by atoms with van der Waals surface area (Å²) in [5, 5.41) is 4.73. The highest BCUT2D eigenvalue weighted by Crippen LogP contribution is 2.41. The van der Waals surface area contributed by atoms with E-state index in [1.165, 1.54) is 21.9 Å². The van der Waals surface area contributed by atoms with Crippen LogP contribution < -0.4 is 10.6 Å². The average molecular weight is 704 g/mol. The first-order chi connectivity index (χ1) is 27.1. The van der Waals surface area contributed by atoms with Crippen LogP contribution in [0.1, 0.15) is 11.1 Å². The number of nitrogen functional groups attached to an aromatic ring is 1. The highest BCUT2D eigenvalue weighted by molar-refractivity contribution is 6.13. The highest BCUT2D eigenvalue weighted by Gasteiger charge is 2.19. The molecule has 0 aliphatic carbocycles. The van der Waals surface area contributed by atoms with Crippen molar-refractivity contribution in [2.75, 3.05) is 10.6 Å². The van der Waals surface area contributed by atoms with Gasteiger partial charge in [0.25, 0.3) is 0 Å². The monoisotopic (exact) mass is 703 g/mol. The molecule has 55 heavy (non-hydrogen) atoms. The number of benzene rings is 8. The first-order valence-corrected chi connectivity index (χ1v) is 18.6. The molecule has 1 aromatic heterocycles. The SMILES string of the molecule is C=C1/C=C(c2ccc3c(c2)c2cc(-c4ccccc4)c(N)cc2n3-c2ccc(-c3ccccc3)cc2)\C=C/N(c2ccc3ccccc3c2)c2ccccc21. The largest absolute Gasteiger partial charge is 0.398 e. The molecule has 2 N–H and O–H groups in total. The third-order valence-electron chi connectivity index (χ3n) is 10.8. The van der Waals surface area contributed by atoms with Gasteiger partial charge in [0, 0.05) is 45.2 Å². The zero-order valence-corrected chi connectivity index (χ0v) is 30.2. The van der Waals surface area contributed by atoms with Gasteiger partial charge in [0.2, 0.25) is 0 Å². The number of hydrogen-bond acceptors (Lipinski definition) is 2. The smallest absolute Gasteiger partial charge is 0.0562 e. The zero-order chi connectivity index (χ0) is 36.9. The number of para-hydroxylation sites is 1. The van der Waals surface area contributed by atoms with Crippen molar-refractivity contribution >= 4 is 60.8 Å². The normalized spacial score (nSPS) is 14.4. The van der Waals surface area contributed by atoms with Crippen LogP contribution in [0.5, 0.6) is 0 Å². The molecule has 0 atom stereocenters. The number of hydrogen-bond donors (Lipinski definition) is 1. The number of allylic oxidation sites excluding steroid dienone is 4. The molecule has 10 rings (SSSR count). The second kappa shape index (κ2) is 13.2. The Hall–Kier alpha value is -7.36. The van der Waals surface area contributed by atoms with Crippen LogP contribution in [0.15, 0.2) is 207 Å². The molecule has 2 heterocycles. The predicted octanol–water partition coefficient (Wildman–Crippen LogP) is 13.6. The van der Waals surface area contributed by atoms with Crippen molar-refractivity contribution in [2.24, 2.45) is 0 Å². The van der Waals surface area contributed by atoms with E-state index in [2.05, 4.69) is 210 Å². The fourth-order valence-electron chi connectivity index (χ4n) is 8.08. The molecule has 0 saturated carbocycles. The quantitative estimate of drug-likeness (QED) is 0.181. The fourth-order valence-corrected chi connectivity index (χ4v) is 8.08. The number of rotatable bonds is 5. The van der Waals surface area contributed by atoms with Crippen LogP contribution in [0, 0.1) is 0 Å². The molecular formula is C52H37N3. The lowest BCUT2D eigenvalue weighted by molar-refractivity contribution is 1.18. The third-order valence-corrected chi connectivity index (χ3v) is 10.8. The van der Waals surface area contributed by atoms with E-state index < -0.39 is 0 Å². The van der Waals surface area contributed by atoms with Crippen molar-refractivity contribution in [1.29, 1.82) is 0 Å². The minimum absolute atomic E-state index is 0.748. The molecule has 260 valence electrons. The van der Waals surface area contributed by atoms with Gasteiger partial charge in [0.1, 0.15) is 0 Å². The summed E-state index contributed by atoms with van der Waals surface area (Å²) in [4.78, 5) is 2.28. The molecule has 0 amide bonds. The third kappa shape index (κ3) is 5.70. The molecule has 9 aromatic rings. The zero-order valence-electron chi connectivity index (χ0n) is 30.2. The summed E-state index contributed by atoms with van der Waals surface area (Å²) in [7, 11) is 0. The second-order valence-corrected chi connectivity index (χ2v) is 14.2. The summed E-state index contributed by atoms with van der Waals surface area (Å²) < 4.78 is 2.34. The Morgan fingerprint density at radius 1 is 0.455 bits per heavy atom. The van der Waals surface area contributed by atoms with Gasteiger partial charge in [-0.15, -0.1) is 0 Å². The van der Waals surface area contributed by atoms with Crippen molar-refractivity contribution in [3.05, 3.63) is 218 Å². The van der Waals surface area contributed by atoms with Gasteiger partial charge in [0.15, 0.2) is 0 Å². The summed E-state index contributed by atoms with van der Waals surface area (Å²) in [6.07, 6.45) is 6.62. The van der Waals surface area contributed by atoms with Gasteiger partial charge in [0.05, 0.1) is 16.7 Å². The maximum Gasteiger partial charge on any atom is 0.0562 e. The molecule has 0 fully saturated rings. The van der Waals surface area contributed by atoms with Crippen LogP contribution in [-0.4, -0.2) is 4.57 Å². The van der Waals surface area contributed by atoms with Gasteiger partial charge in [-0.1, -0.05) is 134 Å². The highest BCUT2D eigenvalue weighted by atomic mass is 15.1. The molecule has 3 heteroatoms. The van der Waals surface area contributed by atoms with Crippen LogP contribution in [0.2, 0.25) is 0 Å². The molecule has 0 unspecified atom stereocenters. The molecule has 8 aromatic carbocycles. The lowest BCUT2D eigenvalue weighted by Gasteiger charge is -2.26. The predicted molar refractivity (Wildman–Crippen MR) is 235 cm³/mol. The Labute approximate surface area is 320 Å². The standard InChI is InChI=1S/C52H37N3/c1-35-30-42(28-29-54(50-19-11-10-18-45(35)50)44-26-22-37-14-8-9-17-40(37)31-44)41-23-27-51-47(32-41)48-33-46(39-15-6-3-7-16-39)49(53)34-52(48)55(51)43-24-20-38(21-25-43)36-12-4-2-5-13-36/h2-34H,1,53H2/b29-28-,42-30+.